The lowest BCUT2D eigenvalue weighted by Crippen LogP contribution is -2.52. The first-order valence-electron chi connectivity index (χ1n) is 10.5. The Hall–Kier alpha value is -3.09. The van der Waals surface area contributed by atoms with Gasteiger partial charge in [0.15, 0.2) is 0 Å². The Bertz CT molecular complexity index is 1030. The van der Waals surface area contributed by atoms with Crippen molar-refractivity contribution in [2.45, 2.75) is 39.2 Å². The van der Waals surface area contributed by atoms with Gasteiger partial charge < -0.3 is 20.1 Å². The molecule has 2 atom stereocenters. The molecule has 1 fully saturated rings. The quantitative estimate of drug-likeness (QED) is 0.816. The summed E-state index contributed by atoms with van der Waals surface area (Å²) in [4.78, 5) is 38.9. The lowest BCUT2D eigenvalue weighted by molar-refractivity contribution is -0.116. The number of rotatable bonds is 4. The summed E-state index contributed by atoms with van der Waals surface area (Å²) in [7, 11) is 0. The second-order valence-corrected chi connectivity index (χ2v) is 8.45. The molecular weight excluding hydrogens is 380 g/mol. The molecule has 1 aromatic heterocycles. The van der Waals surface area contributed by atoms with E-state index < -0.39 is 0 Å². The Kier molecular flexibility index (Phi) is 5.61. The number of pyridine rings is 1. The number of benzene rings is 1. The summed E-state index contributed by atoms with van der Waals surface area (Å²) in [6, 6.07) is 11.2. The summed E-state index contributed by atoms with van der Waals surface area (Å²) in [6.45, 7) is 6.12. The van der Waals surface area contributed by atoms with Crippen molar-refractivity contribution < 1.29 is 9.59 Å². The highest BCUT2D eigenvalue weighted by Gasteiger charge is 2.36. The van der Waals surface area contributed by atoms with Crippen molar-refractivity contribution in [3.05, 3.63) is 63.6 Å². The first-order chi connectivity index (χ1) is 14.4. The highest BCUT2D eigenvalue weighted by atomic mass is 16.2. The number of aryl methyl sites for hydroxylation is 2. The Balaban J connectivity index is 1.29. The summed E-state index contributed by atoms with van der Waals surface area (Å²) >= 11 is 0. The van der Waals surface area contributed by atoms with Crippen LogP contribution in [0.3, 0.4) is 0 Å². The fraction of sp³-hybridized carbons (Fsp3) is 0.435. The zero-order chi connectivity index (χ0) is 21.3. The largest absolute Gasteiger partial charge is 0.337 e. The van der Waals surface area contributed by atoms with Crippen LogP contribution in [0, 0.1) is 19.8 Å². The number of amides is 3. The van der Waals surface area contributed by atoms with Crippen molar-refractivity contribution in [3.8, 4) is 0 Å². The van der Waals surface area contributed by atoms with Gasteiger partial charge in [-0.1, -0.05) is 18.2 Å². The second kappa shape index (κ2) is 8.34. The molecule has 30 heavy (non-hydrogen) atoms. The third-order valence-electron chi connectivity index (χ3n) is 6.06. The van der Waals surface area contributed by atoms with Crippen LogP contribution >= 0.6 is 0 Å². The Labute approximate surface area is 176 Å². The minimum absolute atomic E-state index is 0.0370. The number of hydrogen-bond donors (Lipinski definition) is 2. The van der Waals surface area contributed by atoms with E-state index in [0.29, 0.717) is 19.6 Å². The predicted molar refractivity (Wildman–Crippen MR) is 116 cm³/mol. The molecule has 4 rings (SSSR count). The van der Waals surface area contributed by atoms with E-state index in [-0.39, 0.29) is 42.3 Å². The highest BCUT2D eigenvalue weighted by molar-refractivity contribution is 5.92. The van der Waals surface area contributed by atoms with Crippen molar-refractivity contribution in [1.29, 1.82) is 0 Å². The molecule has 2 aliphatic heterocycles. The van der Waals surface area contributed by atoms with E-state index in [0.717, 1.165) is 28.9 Å². The SMILES string of the molecule is Cc1ccc(C)c(NC(=O)CCNC(=O)N2C[C@H]3C[C@@H](C2)c2cccc(=O)n2C3)c1. The summed E-state index contributed by atoms with van der Waals surface area (Å²) in [5.74, 6) is 0.354. The van der Waals surface area contributed by atoms with Crippen LogP contribution in [0.2, 0.25) is 0 Å². The minimum atomic E-state index is -0.143. The van der Waals surface area contributed by atoms with Crippen LogP contribution in [-0.4, -0.2) is 41.0 Å². The molecule has 0 spiro atoms. The van der Waals surface area contributed by atoms with E-state index in [9.17, 15) is 14.4 Å². The molecule has 1 saturated heterocycles. The van der Waals surface area contributed by atoms with Gasteiger partial charge in [0, 0.05) is 56.0 Å². The third-order valence-corrected chi connectivity index (χ3v) is 6.06. The zero-order valence-corrected chi connectivity index (χ0v) is 17.5. The first-order valence-corrected chi connectivity index (χ1v) is 10.5. The Morgan fingerprint density at radius 2 is 1.93 bits per heavy atom. The summed E-state index contributed by atoms with van der Waals surface area (Å²) in [5, 5.41) is 5.79. The van der Waals surface area contributed by atoms with E-state index in [4.69, 9.17) is 0 Å². The van der Waals surface area contributed by atoms with Crippen LogP contribution in [0.25, 0.3) is 0 Å². The van der Waals surface area contributed by atoms with Gasteiger partial charge in [-0.15, -0.1) is 0 Å². The number of aromatic nitrogens is 1. The van der Waals surface area contributed by atoms with Crippen LogP contribution in [0.5, 0.6) is 0 Å². The van der Waals surface area contributed by atoms with E-state index in [2.05, 4.69) is 10.6 Å². The van der Waals surface area contributed by atoms with Crippen molar-refractivity contribution >= 4 is 17.6 Å². The monoisotopic (exact) mass is 408 g/mol. The fourth-order valence-electron chi connectivity index (χ4n) is 4.54. The lowest BCUT2D eigenvalue weighted by atomic mass is 9.83. The lowest BCUT2D eigenvalue weighted by Gasteiger charge is -2.42. The van der Waals surface area contributed by atoms with Gasteiger partial charge in [0.2, 0.25) is 5.91 Å². The van der Waals surface area contributed by atoms with Crippen LogP contribution in [0.1, 0.15) is 35.6 Å². The zero-order valence-electron chi connectivity index (χ0n) is 17.5. The maximum Gasteiger partial charge on any atom is 0.317 e. The molecule has 3 heterocycles. The average Bonchev–Trinajstić information content (AvgIpc) is 2.71. The predicted octanol–water partition coefficient (Wildman–Crippen LogP) is 2.62. The smallest absolute Gasteiger partial charge is 0.317 e. The number of hydrogen-bond acceptors (Lipinski definition) is 3. The molecule has 7 nitrogen and oxygen atoms in total. The fourth-order valence-corrected chi connectivity index (χ4v) is 4.54. The standard InChI is InChI=1S/C23H28N4O3/c1-15-6-7-16(2)19(10-15)25-21(28)8-9-24-23(30)26-12-17-11-18(14-26)20-4-3-5-22(29)27(20)13-17/h3-7,10,17-18H,8-9,11-14H2,1-2H3,(H,24,30)(H,25,28)/t17-,18+/m1/s1. The number of carbonyl (C=O) groups excluding carboxylic acids is 2. The number of urea groups is 1. The maximum atomic E-state index is 12.7. The first kappa shape index (κ1) is 20.2. The molecule has 7 heteroatoms. The van der Waals surface area contributed by atoms with E-state index in [1.165, 1.54) is 0 Å². The molecule has 158 valence electrons. The van der Waals surface area contributed by atoms with Crippen molar-refractivity contribution in [3.63, 3.8) is 0 Å². The Morgan fingerprint density at radius 1 is 1.10 bits per heavy atom. The Morgan fingerprint density at radius 3 is 2.77 bits per heavy atom. The summed E-state index contributed by atoms with van der Waals surface area (Å²) in [5.41, 5.74) is 3.96. The molecule has 0 aliphatic carbocycles. The van der Waals surface area contributed by atoms with Crippen molar-refractivity contribution in [2.24, 2.45) is 5.92 Å². The van der Waals surface area contributed by atoms with Gasteiger partial charge in [0.05, 0.1) is 0 Å². The van der Waals surface area contributed by atoms with Gasteiger partial charge >= 0.3 is 6.03 Å². The summed E-state index contributed by atoms with van der Waals surface area (Å²) in [6.07, 6.45) is 1.23. The van der Waals surface area contributed by atoms with Crippen LogP contribution in [0.15, 0.2) is 41.2 Å². The number of likely N-dealkylation sites (tertiary alicyclic amines) is 1. The molecule has 0 unspecified atom stereocenters. The normalized spacial score (nSPS) is 19.7. The van der Waals surface area contributed by atoms with E-state index in [1.54, 1.807) is 12.1 Å². The van der Waals surface area contributed by atoms with Crippen LogP contribution in [0.4, 0.5) is 10.5 Å². The number of piperidine rings is 1. The van der Waals surface area contributed by atoms with Gasteiger partial charge in [0.1, 0.15) is 0 Å². The summed E-state index contributed by atoms with van der Waals surface area (Å²) < 4.78 is 1.85. The topological polar surface area (TPSA) is 83.4 Å². The molecule has 2 aromatic rings. The highest BCUT2D eigenvalue weighted by Crippen LogP contribution is 2.34. The van der Waals surface area contributed by atoms with Gasteiger partial charge in [0.25, 0.3) is 5.56 Å². The van der Waals surface area contributed by atoms with Crippen molar-refractivity contribution in [2.75, 3.05) is 25.0 Å². The second-order valence-electron chi connectivity index (χ2n) is 8.45. The number of nitrogens with one attached hydrogen (secondary N) is 2. The molecule has 2 N–H and O–H groups in total. The van der Waals surface area contributed by atoms with E-state index >= 15 is 0 Å². The molecule has 0 radical (unpaired) electrons. The molecule has 2 aliphatic rings. The van der Waals surface area contributed by atoms with Gasteiger partial charge in [-0.05, 0) is 49.4 Å². The molecule has 1 aromatic carbocycles. The number of carbonyl (C=O) groups is 2. The van der Waals surface area contributed by atoms with Crippen LogP contribution in [-0.2, 0) is 11.3 Å². The van der Waals surface area contributed by atoms with E-state index in [1.807, 2.05) is 47.6 Å². The van der Waals surface area contributed by atoms with Crippen LogP contribution < -0.4 is 16.2 Å². The molecule has 3 amide bonds. The average molecular weight is 409 g/mol. The number of anilines is 1. The molecular formula is C23H28N4O3. The van der Waals surface area contributed by atoms with Gasteiger partial charge in [-0.25, -0.2) is 4.79 Å². The van der Waals surface area contributed by atoms with Gasteiger partial charge in [-0.3, -0.25) is 9.59 Å². The molecule has 2 bridgehead atoms. The third kappa shape index (κ3) is 4.25. The van der Waals surface area contributed by atoms with Crippen molar-refractivity contribution in [1.82, 2.24) is 14.8 Å². The number of nitrogens with zero attached hydrogens (tertiary/aromatic N) is 2. The molecule has 0 saturated carbocycles. The number of fused-ring (bicyclic) bond motifs is 4. The maximum absolute atomic E-state index is 12.7. The minimum Gasteiger partial charge on any atom is -0.337 e. The van der Waals surface area contributed by atoms with Gasteiger partial charge in [-0.2, -0.15) is 0 Å².